The Morgan fingerprint density at radius 3 is 2.08 bits per heavy atom. The number of nitrogens with zero attached hydrogens (tertiary/aromatic N) is 2. The van der Waals surface area contributed by atoms with Gasteiger partial charge in [0, 0.05) is 15.3 Å². The maximum Gasteiger partial charge on any atom is 0.457 e. The number of carbonyl (C=O) groups is 3. The zero-order valence-electron chi connectivity index (χ0n) is 23.9. The topological polar surface area (TPSA) is 97.8 Å². The smallest absolute Gasteiger partial charge is 0.433 e. The molecule has 1 unspecified atom stereocenters. The van der Waals surface area contributed by atoms with E-state index in [4.69, 9.17) is 4.84 Å². The Morgan fingerprint density at radius 1 is 0.920 bits per heavy atom. The largest absolute Gasteiger partial charge is 0.457 e. The van der Waals surface area contributed by atoms with Crippen LogP contribution in [0, 0.1) is 21.3 Å². The summed E-state index contributed by atoms with van der Waals surface area (Å²) in [5.41, 5.74) is -12.8. The van der Waals surface area contributed by atoms with Gasteiger partial charge in [-0.2, -0.15) is 48.3 Å². The van der Waals surface area contributed by atoms with Gasteiger partial charge in [0.1, 0.15) is 5.69 Å². The van der Waals surface area contributed by atoms with Crippen LogP contribution in [-0.2, 0) is 15.3 Å². The molecule has 1 aromatic heterocycles. The van der Waals surface area contributed by atoms with Gasteiger partial charge >= 0.3 is 36.5 Å². The van der Waals surface area contributed by atoms with E-state index < -0.39 is 109 Å². The van der Waals surface area contributed by atoms with Gasteiger partial charge < -0.3 is 14.9 Å². The third kappa shape index (κ3) is 7.38. The van der Waals surface area contributed by atoms with Gasteiger partial charge in [0.05, 0.1) is 22.7 Å². The average Bonchev–Trinajstić information content (AvgIpc) is 3.86. The summed E-state index contributed by atoms with van der Waals surface area (Å²) < 4.78 is 182. The maximum absolute atomic E-state index is 15.8. The molecule has 4 rings (SSSR count). The molecular formula is C28H15F13IN3O5. The number of carbonyl (C=O) groups excluding carboxylic acids is 3. The molecule has 1 N–H and O–H groups in total. The van der Waals surface area contributed by atoms with Gasteiger partial charge in [-0.25, -0.2) is 18.6 Å². The van der Waals surface area contributed by atoms with Gasteiger partial charge in [0.2, 0.25) is 5.95 Å². The van der Waals surface area contributed by atoms with Crippen molar-refractivity contribution in [3.05, 3.63) is 80.7 Å². The summed E-state index contributed by atoms with van der Waals surface area (Å²) in [6.45, 7) is -4.05. The van der Waals surface area contributed by atoms with Crippen molar-refractivity contribution in [2.45, 2.75) is 43.4 Å². The first-order valence-corrected chi connectivity index (χ1v) is 14.4. The highest BCUT2D eigenvalue weighted by molar-refractivity contribution is 14.1. The molecule has 1 atom stereocenters. The first-order valence-electron chi connectivity index (χ1n) is 13.3. The SMILES string of the molecule is O=C(Nc1c(I)cc(C(F)(C(F)(F)F)C(F)(F)C(F)(F)F)cc1OC(F)F)c1cccc(N(OC(=O)C2CC2)C(=O)c2ccc(F)nc2)c1F. The van der Waals surface area contributed by atoms with Crippen LogP contribution in [0.5, 0.6) is 5.75 Å². The molecule has 0 spiro atoms. The first-order chi connectivity index (χ1) is 23.0. The van der Waals surface area contributed by atoms with Crippen molar-refractivity contribution in [3.63, 3.8) is 0 Å². The Labute approximate surface area is 283 Å². The number of halogens is 14. The Bertz CT molecular complexity index is 1800. The molecule has 0 aliphatic heterocycles. The molecule has 1 fully saturated rings. The van der Waals surface area contributed by atoms with E-state index in [9.17, 15) is 62.7 Å². The lowest BCUT2D eigenvalue weighted by molar-refractivity contribution is -0.389. The van der Waals surface area contributed by atoms with Crippen LogP contribution in [0.25, 0.3) is 0 Å². The second-order valence-corrected chi connectivity index (χ2v) is 11.3. The summed E-state index contributed by atoms with van der Waals surface area (Å²) in [5.74, 6) is -16.4. The number of amides is 2. The first kappa shape index (κ1) is 38.4. The lowest BCUT2D eigenvalue weighted by Crippen LogP contribution is -2.59. The van der Waals surface area contributed by atoms with E-state index in [2.05, 4.69) is 9.72 Å². The van der Waals surface area contributed by atoms with E-state index >= 15 is 8.78 Å². The Morgan fingerprint density at radius 2 is 1.56 bits per heavy atom. The quantitative estimate of drug-likeness (QED) is 0.101. The summed E-state index contributed by atoms with van der Waals surface area (Å²) in [6, 6.07) is 3.14. The minimum Gasteiger partial charge on any atom is -0.433 e. The molecule has 3 aromatic rings. The molecule has 1 aliphatic rings. The Kier molecular flexibility index (Phi) is 10.6. The molecule has 270 valence electrons. The zero-order valence-corrected chi connectivity index (χ0v) is 26.1. The van der Waals surface area contributed by atoms with Crippen LogP contribution in [0.3, 0.4) is 0 Å². The molecular weight excluding hydrogens is 832 g/mol. The summed E-state index contributed by atoms with van der Waals surface area (Å²) >= 11 is 0.860. The molecule has 2 aromatic carbocycles. The molecule has 2 amide bonds. The fourth-order valence-corrected chi connectivity index (χ4v) is 4.88. The summed E-state index contributed by atoms with van der Waals surface area (Å²) in [4.78, 5) is 47.0. The molecule has 8 nitrogen and oxygen atoms in total. The van der Waals surface area contributed by atoms with E-state index in [-0.39, 0.29) is 11.1 Å². The van der Waals surface area contributed by atoms with Crippen molar-refractivity contribution < 1.29 is 81.0 Å². The highest BCUT2D eigenvalue weighted by Crippen LogP contribution is 2.59. The lowest BCUT2D eigenvalue weighted by Gasteiger charge is -2.36. The fourth-order valence-electron chi connectivity index (χ4n) is 4.14. The van der Waals surface area contributed by atoms with E-state index in [1.165, 1.54) is 0 Å². The van der Waals surface area contributed by atoms with Crippen LogP contribution in [0.2, 0.25) is 0 Å². The van der Waals surface area contributed by atoms with Crippen molar-refractivity contribution in [1.82, 2.24) is 4.98 Å². The van der Waals surface area contributed by atoms with E-state index in [1.807, 2.05) is 0 Å². The predicted molar refractivity (Wildman–Crippen MR) is 150 cm³/mol. The predicted octanol–water partition coefficient (Wildman–Crippen LogP) is 8.26. The lowest BCUT2D eigenvalue weighted by atomic mass is 9.87. The van der Waals surface area contributed by atoms with E-state index in [1.54, 1.807) is 5.32 Å². The normalized spacial score (nSPS) is 14.9. The average molecular weight is 847 g/mol. The zero-order chi connectivity index (χ0) is 37.6. The standard InChI is InChI=1S/C28H15F13IN3O5/c29-18-7-6-12(10-43-18)22(47)45(50-23(48)11-4-5-11)16-3-1-2-14(19(16)30)21(46)44-20-15(42)8-13(9-17(20)49-24(31)32)25(33,27(36,37)38)26(34,35)28(39,40)41/h1-3,6-11,24H,4-5H2,(H,44,46). The number of pyridine rings is 1. The number of anilines is 2. The van der Waals surface area contributed by atoms with Gasteiger partial charge in [-0.1, -0.05) is 6.07 Å². The summed E-state index contributed by atoms with van der Waals surface area (Å²) in [7, 11) is 0. The van der Waals surface area contributed by atoms with Crippen molar-refractivity contribution in [1.29, 1.82) is 0 Å². The van der Waals surface area contributed by atoms with Crippen LogP contribution in [0.4, 0.5) is 68.5 Å². The van der Waals surface area contributed by atoms with Crippen LogP contribution < -0.4 is 15.1 Å². The van der Waals surface area contributed by atoms with Crippen molar-refractivity contribution in [2.75, 3.05) is 10.4 Å². The van der Waals surface area contributed by atoms with Gasteiger partial charge in [-0.3, -0.25) is 9.59 Å². The number of rotatable bonds is 9. The van der Waals surface area contributed by atoms with E-state index in [0.29, 0.717) is 25.1 Å². The van der Waals surface area contributed by atoms with Gasteiger partial charge in [-0.15, -0.1) is 5.06 Å². The molecule has 1 aliphatic carbocycles. The van der Waals surface area contributed by atoms with Crippen LogP contribution in [0.15, 0.2) is 48.7 Å². The molecule has 1 heterocycles. The number of alkyl halides is 11. The number of benzene rings is 2. The van der Waals surface area contributed by atoms with Gasteiger partial charge in [0.15, 0.2) is 11.6 Å². The number of hydrogen-bond acceptors (Lipinski definition) is 6. The van der Waals surface area contributed by atoms with Crippen molar-refractivity contribution >= 4 is 51.7 Å². The molecule has 0 saturated heterocycles. The third-order valence-electron chi connectivity index (χ3n) is 6.78. The molecule has 1 saturated carbocycles. The number of aromatic nitrogens is 1. The van der Waals surface area contributed by atoms with Crippen molar-refractivity contribution in [3.8, 4) is 5.75 Å². The Hall–Kier alpha value is -4.38. The summed E-state index contributed by atoms with van der Waals surface area (Å²) in [6.07, 6.45) is -12.8. The van der Waals surface area contributed by atoms with Crippen molar-refractivity contribution in [2.24, 2.45) is 5.92 Å². The molecule has 22 heteroatoms. The van der Waals surface area contributed by atoms with E-state index in [0.717, 1.165) is 46.9 Å². The minimum absolute atomic E-state index is 0.0877. The second-order valence-electron chi connectivity index (χ2n) is 10.2. The fraction of sp³-hybridized carbons (Fsp3) is 0.286. The third-order valence-corrected chi connectivity index (χ3v) is 7.63. The molecule has 0 radical (unpaired) electrons. The number of hydrogen-bond donors (Lipinski definition) is 1. The van der Waals surface area contributed by atoms with Crippen LogP contribution in [0.1, 0.15) is 39.1 Å². The highest BCUT2D eigenvalue weighted by atomic mass is 127. The second kappa shape index (κ2) is 13.7. The van der Waals surface area contributed by atoms with Crippen LogP contribution in [-0.4, -0.2) is 47.7 Å². The number of ether oxygens (including phenoxy) is 1. The minimum atomic E-state index is -7.19. The number of hydroxylamine groups is 1. The van der Waals surface area contributed by atoms with Gasteiger partial charge in [-0.05, 0) is 71.8 Å². The number of nitrogens with one attached hydrogen (secondary N) is 1. The van der Waals surface area contributed by atoms with Gasteiger partial charge in [0.25, 0.3) is 11.8 Å². The molecule has 50 heavy (non-hydrogen) atoms. The monoisotopic (exact) mass is 847 g/mol. The van der Waals surface area contributed by atoms with Crippen LogP contribution >= 0.6 is 22.6 Å². The maximum atomic E-state index is 15.8. The summed E-state index contributed by atoms with van der Waals surface area (Å²) in [5, 5.41) is 1.80. The Balaban J connectivity index is 1.79. The molecule has 0 bridgehead atoms. The highest BCUT2D eigenvalue weighted by Gasteiger charge is 2.81.